The van der Waals surface area contributed by atoms with Crippen LogP contribution in [0.4, 0.5) is 0 Å². The van der Waals surface area contributed by atoms with Crippen LogP contribution in [0.15, 0.2) is 18.2 Å². The normalized spacial score (nSPS) is 12.0. The first-order valence-electron chi connectivity index (χ1n) is 5.01. The van der Waals surface area contributed by atoms with Crippen molar-refractivity contribution in [3.05, 3.63) is 28.2 Å². The van der Waals surface area contributed by atoms with E-state index in [0.717, 1.165) is 0 Å². The van der Waals surface area contributed by atoms with Gasteiger partial charge < -0.3 is 15.2 Å². The average molecular weight is 278 g/mol. The van der Waals surface area contributed by atoms with Gasteiger partial charge in [0.25, 0.3) is 5.91 Å². The number of aliphatic hydroxyl groups is 1. The van der Waals surface area contributed by atoms with Gasteiger partial charge in [-0.25, -0.2) is 0 Å². The van der Waals surface area contributed by atoms with Crippen LogP contribution in [0.5, 0.6) is 5.75 Å². The minimum Gasteiger partial charge on any atom is -0.482 e. The Morgan fingerprint density at radius 3 is 2.88 bits per heavy atom. The maximum atomic E-state index is 11.4. The Morgan fingerprint density at radius 1 is 1.53 bits per heavy atom. The Hall–Kier alpha value is -0.970. The summed E-state index contributed by atoms with van der Waals surface area (Å²) in [4.78, 5) is 11.4. The molecule has 1 unspecified atom stereocenters. The number of hydrogen-bond donors (Lipinski definition) is 2. The van der Waals surface area contributed by atoms with Gasteiger partial charge in [0.1, 0.15) is 5.75 Å². The number of halogens is 2. The van der Waals surface area contributed by atoms with Crippen molar-refractivity contribution in [3.8, 4) is 5.75 Å². The maximum absolute atomic E-state index is 11.4. The summed E-state index contributed by atoms with van der Waals surface area (Å²) < 4.78 is 5.21. The Labute approximate surface area is 109 Å². The zero-order valence-electron chi connectivity index (χ0n) is 9.24. The molecule has 1 aromatic rings. The summed E-state index contributed by atoms with van der Waals surface area (Å²) in [5, 5.41) is 12.2. The lowest BCUT2D eigenvalue weighted by Crippen LogP contribution is -2.38. The Bertz CT molecular complexity index is 398. The average Bonchev–Trinajstić information content (AvgIpc) is 2.30. The van der Waals surface area contributed by atoms with Crippen molar-refractivity contribution in [2.75, 3.05) is 13.2 Å². The molecule has 4 nitrogen and oxygen atoms in total. The third-order valence-electron chi connectivity index (χ3n) is 1.93. The second-order valence-corrected chi connectivity index (χ2v) is 4.36. The van der Waals surface area contributed by atoms with Crippen molar-refractivity contribution in [2.45, 2.75) is 13.0 Å². The van der Waals surface area contributed by atoms with Crippen LogP contribution in [-0.2, 0) is 4.79 Å². The number of benzene rings is 1. The van der Waals surface area contributed by atoms with E-state index in [4.69, 9.17) is 33.0 Å². The minimum atomic E-state index is -0.331. The van der Waals surface area contributed by atoms with Gasteiger partial charge in [-0.05, 0) is 19.1 Å². The van der Waals surface area contributed by atoms with Crippen LogP contribution in [0.2, 0.25) is 10.0 Å². The molecule has 0 saturated heterocycles. The van der Waals surface area contributed by atoms with Crippen LogP contribution in [0.3, 0.4) is 0 Å². The van der Waals surface area contributed by atoms with Gasteiger partial charge in [-0.3, -0.25) is 4.79 Å². The minimum absolute atomic E-state index is 0.121. The van der Waals surface area contributed by atoms with Gasteiger partial charge in [-0.15, -0.1) is 0 Å². The predicted octanol–water partition coefficient (Wildman–Crippen LogP) is 1.87. The van der Waals surface area contributed by atoms with Crippen molar-refractivity contribution < 1.29 is 14.6 Å². The quantitative estimate of drug-likeness (QED) is 0.864. The first-order valence-corrected chi connectivity index (χ1v) is 5.76. The molecule has 0 bridgehead atoms. The Kier molecular flexibility index (Phi) is 5.55. The van der Waals surface area contributed by atoms with Gasteiger partial charge in [0.2, 0.25) is 0 Å². The fraction of sp³-hybridized carbons (Fsp3) is 0.364. The molecule has 94 valence electrons. The van der Waals surface area contributed by atoms with Crippen LogP contribution in [-0.4, -0.2) is 30.3 Å². The van der Waals surface area contributed by atoms with Crippen molar-refractivity contribution in [3.63, 3.8) is 0 Å². The number of nitrogens with one attached hydrogen (secondary N) is 1. The van der Waals surface area contributed by atoms with Crippen LogP contribution in [0.25, 0.3) is 0 Å². The molecule has 0 heterocycles. The third kappa shape index (κ3) is 4.81. The van der Waals surface area contributed by atoms with Gasteiger partial charge >= 0.3 is 0 Å². The van der Waals surface area contributed by atoms with E-state index >= 15 is 0 Å². The molecular weight excluding hydrogens is 265 g/mol. The summed E-state index contributed by atoms with van der Waals surface area (Å²) in [6, 6.07) is 4.45. The molecule has 1 aromatic carbocycles. The van der Waals surface area contributed by atoms with E-state index in [1.54, 1.807) is 19.1 Å². The smallest absolute Gasteiger partial charge is 0.258 e. The second kappa shape index (κ2) is 6.69. The van der Waals surface area contributed by atoms with E-state index in [2.05, 4.69) is 5.32 Å². The Morgan fingerprint density at radius 2 is 2.24 bits per heavy atom. The van der Waals surface area contributed by atoms with Gasteiger partial charge in [0.05, 0.1) is 11.6 Å². The fourth-order valence-electron chi connectivity index (χ4n) is 1.09. The van der Waals surface area contributed by atoms with Crippen molar-refractivity contribution in [1.29, 1.82) is 0 Å². The highest BCUT2D eigenvalue weighted by Gasteiger charge is 2.08. The predicted molar refractivity (Wildman–Crippen MR) is 66.6 cm³/mol. The van der Waals surface area contributed by atoms with Crippen molar-refractivity contribution in [1.82, 2.24) is 5.32 Å². The molecule has 2 N–H and O–H groups in total. The van der Waals surface area contributed by atoms with E-state index in [0.29, 0.717) is 15.8 Å². The molecule has 17 heavy (non-hydrogen) atoms. The second-order valence-electron chi connectivity index (χ2n) is 3.51. The number of carbonyl (C=O) groups excluding carboxylic acids is 1. The summed E-state index contributed by atoms with van der Waals surface area (Å²) in [5.41, 5.74) is 0. The van der Waals surface area contributed by atoms with E-state index in [1.807, 2.05) is 0 Å². The molecule has 0 fully saturated rings. The SMILES string of the molecule is CC(CO)NC(=O)COc1cc(Cl)ccc1Cl. The number of hydrogen-bond acceptors (Lipinski definition) is 3. The Balaban J connectivity index is 2.50. The zero-order valence-corrected chi connectivity index (χ0v) is 10.8. The monoisotopic (exact) mass is 277 g/mol. The number of ether oxygens (including phenoxy) is 1. The first kappa shape index (κ1) is 14.1. The van der Waals surface area contributed by atoms with Crippen LogP contribution in [0.1, 0.15) is 6.92 Å². The van der Waals surface area contributed by atoms with Crippen molar-refractivity contribution in [2.24, 2.45) is 0 Å². The highest BCUT2D eigenvalue weighted by Crippen LogP contribution is 2.27. The molecule has 1 rings (SSSR count). The van der Waals surface area contributed by atoms with E-state index in [-0.39, 0.29) is 25.2 Å². The summed E-state index contributed by atoms with van der Waals surface area (Å²) in [6.45, 7) is 1.39. The van der Waals surface area contributed by atoms with Crippen LogP contribution in [0, 0.1) is 0 Å². The topological polar surface area (TPSA) is 58.6 Å². The highest BCUT2D eigenvalue weighted by atomic mass is 35.5. The fourth-order valence-corrected chi connectivity index (χ4v) is 1.43. The van der Waals surface area contributed by atoms with Crippen LogP contribution < -0.4 is 10.1 Å². The zero-order chi connectivity index (χ0) is 12.8. The number of amides is 1. The molecule has 1 atom stereocenters. The molecule has 0 aliphatic heterocycles. The molecule has 0 aliphatic rings. The van der Waals surface area contributed by atoms with Gasteiger partial charge in [0.15, 0.2) is 6.61 Å². The standard InChI is InChI=1S/C11H13Cl2NO3/c1-7(5-15)14-11(16)6-17-10-4-8(12)2-3-9(10)13/h2-4,7,15H,5-6H2,1H3,(H,14,16). The lowest BCUT2D eigenvalue weighted by atomic mass is 10.3. The van der Waals surface area contributed by atoms with E-state index < -0.39 is 0 Å². The number of carbonyl (C=O) groups is 1. The summed E-state index contributed by atoms with van der Waals surface area (Å²) in [5.74, 6) is 0.0218. The van der Waals surface area contributed by atoms with Gasteiger partial charge in [-0.2, -0.15) is 0 Å². The molecule has 0 aliphatic carbocycles. The summed E-state index contributed by atoms with van der Waals surface area (Å²) in [7, 11) is 0. The molecule has 6 heteroatoms. The summed E-state index contributed by atoms with van der Waals surface area (Å²) >= 11 is 11.6. The number of rotatable bonds is 5. The van der Waals surface area contributed by atoms with Gasteiger partial charge in [0, 0.05) is 17.1 Å². The molecular formula is C11H13Cl2NO3. The lowest BCUT2D eigenvalue weighted by Gasteiger charge is -2.12. The molecule has 0 saturated carbocycles. The van der Waals surface area contributed by atoms with Gasteiger partial charge in [-0.1, -0.05) is 23.2 Å². The van der Waals surface area contributed by atoms with Crippen molar-refractivity contribution >= 4 is 29.1 Å². The van der Waals surface area contributed by atoms with E-state index in [9.17, 15) is 4.79 Å². The maximum Gasteiger partial charge on any atom is 0.258 e. The highest BCUT2D eigenvalue weighted by molar-refractivity contribution is 6.34. The lowest BCUT2D eigenvalue weighted by molar-refractivity contribution is -0.123. The number of aliphatic hydroxyl groups excluding tert-OH is 1. The molecule has 0 radical (unpaired) electrons. The van der Waals surface area contributed by atoms with Crippen LogP contribution >= 0.6 is 23.2 Å². The molecule has 0 spiro atoms. The molecule has 0 aromatic heterocycles. The van der Waals surface area contributed by atoms with E-state index in [1.165, 1.54) is 6.07 Å². The largest absolute Gasteiger partial charge is 0.482 e. The molecule has 1 amide bonds. The third-order valence-corrected chi connectivity index (χ3v) is 2.48. The first-order chi connectivity index (χ1) is 8.02. The summed E-state index contributed by atoms with van der Waals surface area (Å²) in [6.07, 6.45) is 0.